The molecule has 1 aliphatic rings. The summed E-state index contributed by atoms with van der Waals surface area (Å²) in [5.41, 5.74) is 6.16. The van der Waals surface area contributed by atoms with E-state index in [1.807, 2.05) is 0 Å². The summed E-state index contributed by atoms with van der Waals surface area (Å²) < 4.78 is 42.8. The van der Waals surface area contributed by atoms with E-state index in [1.165, 1.54) is 6.07 Å². The zero-order chi connectivity index (χ0) is 19.3. The highest BCUT2D eigenvalue weighted by atomic mass is 32.2. The molecule has 0 amide bonds. The molecular weight excluding hydrogens is 359 g/mol. The number of carbonyl (C=O) groups excluding carboxylic acids is 1. The number of rotatable bonds is 3. The molecule has 0 bridgehead atoms. The Bertz CT molecular complexity index is 1040. The highest BCUT2D eigenvalue weighted by Crippen LogP contribution is 2.41. The molecule has 0 saturated heterocycles. The highest BCUT2D eigenvalue weighted by molar-refractivity contribution is 7.89. The molecule has 4 N–H and O–H groups in total. The summed E-state index contributed by atoms with van der Waals surface area (Å²) in [6.45, 7) is 3.21. The standard InChI is InChI=1S/C18H17FN2O4S/c1-18(2)17(22)15(10-3-6-12(20)7-4-10)16(25-18)11-5-8-14(13(19)9-11)26(21,23)24/h3-9H,20H2,1-2H3,(H2,21,23,24). The van der Waals surface area contributed by atoms with Crippen LogP contribution >= 0.6 is 0 Å². The first-order valence-corrected chi connectivity index (χ1v) is 9.22. The van der Waals surface area contributed by atoms with Gasteiger partial charge < -0.3 is 10.5 Å². The molecule has 0 atom stereocenters. The number of sulfonamides is 1. The van der Waals surface area contributed by atoms with E-state index in [0.717, 1.165) is 12.1 Å². The molecule has 2 aromatic carbocycles. The molecule has 3 rings (SSSR count). The van der Waals surface area contributed by atoms with Gasteiger partial charge >= 0.3 is 0 Å². The van der Waals surface area contributed by atoms with Gasteiger partial charge in [-0.2, -0.15) is 0 Å². The Morgan fingerprint density at radius 3 is 2.15 bits per heavy atom. The Morgan fingerprint density at radius 2 is 1.62 bits per heavy atom. The predicted octanol–water partition coefficient (Wildman–Crippen LogP) is 2.30. The number of nitrogens with two attached hydrogens (primary N) is 2. The lowest BCUT2D eigenvalue weighted by Gasteiger charge is -2.18. The molecule has 136 valence electrons. The Hall–Kier alpha value is -2.71. The number of ether oxygens (including phenoxy) is 1. The quantitative estimate of drug-likeness (QED) is 0.798. The van der Waals surface area contributed by atoms with Crippen molar-refractivity contribution in [3.63, 3.8) is 0 Å². The van der Waals surface area contributed by atoms with Crippen LogP contribution < -0.4 is 10.9 Å². The average molecular weight is 376 g/mol. The molecule has 0 aliphatic carbocycles. The average Bonchev–Trinajstić information content (AvgIpc) is 2.77. The van der Waals surface area contributed by atoms with Crippen LogP contribution in [0.15, 0.2) is 47.4 Å². The third-order valence-corrected chi connectivity index (χ3v) is 5.00. The van der Waals surface area contributed by atoms with E-state index in [9.17, 15) is 17.6 Å². The van der Waals surface area contributed by atoms with Crippen molar-refractivity contribution in [2.75, 3.05) is 5.73 Å². The summed E-state index contributed by atoms with van der Waals surface area (Å²) in [5.74, 6) is -1.12. The third-order valence-electron chi connectivity index (χ3n) is 4.06. The number of ketones is 1. The first kappa shape index (κ1) is 18.1. The Labute approximate surface area is 150 Å². The largest absolute Gasteiger partial charge is 0.478 e. The number of Topliss-reactive ketones (excluding diaryl/α,β-unsaturated/α-hetero) is 1. The highest BCUT2D eigenvalue weighted by Gasteiger charge is 2.43. The number of benzene rings is 2. The van der Waals surface area contributed by atoms with Crippen molar-refractivity contribution in [3.8, 4) is 0 Å². The van der Waals surface area contributed by atoms with Crippen LogP contribution in [0.25, 0.3) is 11.3 Å². The molecule has 8 heteroatoms. The first-order valence-electron chi connectivity index (χ1n) is 7.67. The number of hydrogen-bond donors (Lipinski definition) is 2. The number of anilines is 1. The van der Waals surface area contributed by atoms with Crippen LogP contribution in [0, 0.1) is 5.82 Å². The summed E-state index contributed by atoms with van der Waals surface area (Å²) in [5, 5.41) is 4.98. The summed E-state index contributed by atoms with van der Waals surface area (Å²) in [4.78, 5) is 12.2. The number of halogens is 1. The van der Waals surface area contributed by atoms with E-state index in [1.54, 1.807) is 38.1 Å². The van der Waals surface area contributed by atoms with E-state index < -0.39 is 26.3 Å². The summed E-state index contributed by atoms with van der Waals surface area (Å²) in [6.07, 6.45) is 0. The van der Waals surface area contributed by atoms with Crippen LogP contribution in [0.4, 0.5) is 10.1 Å². The first-order chi connectivity index (χ1) is 12.0. The molecular formula is C18H17FN2O4S. The van der Waals surface area contributed by atoms with Gasteiger partial charge in [0.05, 0.1) is 5.57 Å². The van der Waals surface area contributed by atoms with Crippen molar-refractivity contribution in [1.82, 2.24) is 0 Å². The van der Waals surface area contributed by atoms with Gasteiger partial charge in [-0.3, -0.25) is 4.79 Å². The van der Waals surface area contributed by atoms with Gasteiger partial charge in [0.1, 0.15) is 16.5 Å². The minimum absolute atomic E-state index is 0.171. The van der Waals surface area contributed by atoms with Gasteiger partial charge in [-0.25, -0.2) is 17.9 Å². The van der Waals surface area contributed by atoms with Crippen LogP contribution in [-0.4, -0.2) is 19.8 Å². The van der Waals surface area contributed by atoms with E-state index in [2.05, 4.69) is 0 Å². The second-order valence-electron chi connectivity index (χ2n) is 6.46. The topological polar surface area (TPSA) is 112 Å². The Balaban J connectivity index is 2.20. The molecule has 1 heterocycles. The minimum Gasteiger partial charge on any atom is -0.478 e. The van der Waals surface area contributed by atoms with E-state index in [-0.39, 0.29) is 22.7 Å². The van der Waals surface area contributed by atoms with Gasteiger partial charge in [0.2, 0.25) is 15.8 Å². The summed E-state index contributed by atoms with van der Waals surface area (Å²) in [6, 6.07) is 10.0. The van der Waals surface area contributed by atoms with Gasteiger partial charge in [0.15, 0.2) is 5.60 Å². The van der Waals surface area contributed by atoms with Crippen molar-refractivity contribution in [2.24, 2.45) is 5.14 Å². The summed E-state index contributed by atoms with van der Waals surface area (Å²) in [7, 11) is -4.19. The zero-order valence-corrected chi connectivity index (χ0v) is 14.9. The second kappa shape index (κ2) is 5.93. The van der Waals surface area contributed by atoms with Crippen LogP contribution in [0.1, 0.15) is 25.0 Å². The molecule has 0 unspecified atom stereocenters. The lowest BCUT2D eigenvalue weighted by molar-refractivity contribution is -0.125. The lowest BCUT2D eigenvalue weighted by atomic mass is 9.92. The second-order valence-corrected chi connectivity index (χ2v) is 7.99. The minimum atomic E-state index is -4.19. The molecule has 0 spiro atoms. The van der Waals surface area contributed by atoms with Crippen molar-refractivity contribution in [1.29, 1.82) is 0 Å². The predicted molar refractivity (Wildman–Crippen MR) is 95.6 cm³/mol. The third kappa shape index (κ3) is 3.09. The van der Waals surface area contributed by atoms with Crippen LogP contribution in [-0.2, 0) is 19.6 Å². The number of primary sulfonamides is 1. The fourth-order valence-electron chi connectivity index (χ4n) is 2.74. The van der Waals surface area contributed by atoms with Gasteiger partial charge in [-0.15, -0.1) is 0 Å². The molecule has 0 fully saturated rings. The Morgan fingerprint density at radius 1 is 1.04 bits per heavy atom. The maximum Gasteiger partial charge on any atom is 0.240 e. The van der Waals surface area contributed by atoms with Gasteiger partial charge in [-0.05, 0) is 49.7 Å². The van der Waals surface area contributed by atoms with E-state index in [4.69, 9.17) is 15.6 Å². The fraction of sp³-hybridized carbons (Fsp3) is 0.167. The molecule has 0 saturated carbocycles. The van der Waals surface area contributed by atoms with Crippen LogP contribution in [0.5, 0.6) is 0 Å². The molecule has 2 aromatic rings. The molecule has 26 heavy (non-hydrogen) atoms. The number of carbonyl (C=O) groups is 1. The van der Waals surface area contributed by atoms with Crippen LogP contribution in [0.3, 0.4) is 0 Å². The van der Waals surface area contributed by atoms with Crippen molar-refractivity contribution < 1.29 is 22.3 Å². The molecule has 0 radical (unpaired) electrons. The van der Waals surface area contributed by atoms with E-state index in [0.29, 0.717) is 11.3 Å². The smallest absolute Gasteiger partial charge is 0.240 e. The van der Waals surface area contributed by atoms with Crippen molar-refractivity contribution >= 4 is 32.8 Å². The molecule has 6 nitrogen and oxygen atoms in total. The summed E-state index contributed by atoms with van der Waals surface area (Å²) >= 11 is 0. The van der Waals surface area contributed by atoms with Gasteiger partial charge in [0.25, 0.3) is 0 Å². The van der Waals surface area contributed by atoms with E-state index >= 15 is 0 Å². The maximum atomic E-state index is 14.2. The molecule has 0 aromatic heterocycles. The van der Waals surface area contributed by atoms with Crippen molar-refractivity contribution in [2.45, 2.75) is 24.3 Å². The lowest BCUT2D eigenvalue weighted by Crippen LogP contribution is -2.29. The van der Waals surface area contributed by atoms with Crippen molar-refractivity contribution in [3.05, 3.63) is 59.4 Å². The van der Waals surface area contributed by atoms with Gasteiger partial charge in [-0.1, -0.05) is 12.1 Å². The van der Waals surface area contributed by atoms with Gasteiger partial charge in [0, 0.05) is 11.3 Å². The maximum absolute atomic E-state index is 14.2. The number of hydrogen-bond acceptors (Lipinski definition) is 5. The van der Waals surface area contributed by atoms with Crippen LogP contribution in [0.2, 0.25) is 0 Å². The zero-order valence-electron chi connectivity index (χ0n) is 14.1. The Kier molecular flexibility index (Phi) is 4.12. The SMILES string of the molecule is CC1(C)OC(c2ccc(S(N)(=O)=O)c(F)c2)=C(c2ccc(N)cc2)C1=O. The normalized spacial score (nSPS) is 16.7. The number of nitrogen functional groups attached to an aromatic ring is 1. The fourth-order valence-corrected chi connectivity index (χ4v) is 3.33. The monoisotopic (exact) mass is 376 g/mol. The molecule has 1 aliphatic heterocycles.